The fourth-order valence-electron chi connectivity index (χ4n) is 3.29. The van der Waals surface area contributed by atoms with Crippen LogP contribution in [0.1, 0.15) is 41.5 Å². The molecule has 1 amide bonds. The van der Waals surface area contributed by atoms with E-state index in [0.717, 1.165) is 42.7 Å². The van der Waals surface area contributed by atoms with Gasteiger partial charge in [-0.25, -0.2) is 4.98 Å². The summed E-state index contributed by atoms with van der Waals surface area (Å²) in [5, 5.41) is 4.11. The molecule has 1 aliphatic rings. The largest absolute Gasteiger partial charge is 0.340 e. The molecule has 1 aromatic carbocycles. The number of imidazole rings is 1. The van der Waals surface area contributed by atoms with Crippen LogP contribution < -0.4 is 0 Å². The van der Waals surface area contributed by atoms with Crippen molar-refractivity contribution < 1.29 is 4.79 Å². The Morgan fingerprint density at radius 3 is 2.96 bits per heavy atom. The molecule has 0 aliphatic carbocycles. The molecule has 1 saturated heterocycles. The molecule has 3 aromatic rings. The lowest BCUT2D eigenvalue weighted by atomic mass is 10.0. The predicted molar refractivity (Wildman–Crippen MR) is 86.9 cm³/mol. The first-order valence-corrected chi connectivity index (χ1v) is 7.96. The highest BCUT2D eigenvalue weighted by Gasteiger charge is 2.31. The number of H-pyrrole nitrogens is 1. The molecular formula is C17H19N5O. The van der Waals surface area contributed by atoms with Gasteiger partial charge < -0.3 is 9.88 Å². The van der Waals surface area contributed by atoms with Gasteiger partial charge in [-0.2, -0.15) is 5.10 Å². The van der Waals surface area contributed by atoms with Crippen molar-refractivity contribution in [3.63, 3.8) is 0 Å². The van der Waals surface area contributed by atoms with Crippen molar-refractivity contribution in [3.05, 3.63) is 48.0 Å². The van der Waals surface area contributed by atoms with Crippen LogP contribution in [0.3, 0.4) is 0 Å². The maximum absolute atomic E-state index is 12.8. The van der Waals surface area contributed by atoms with Crippen LogP contribution in [0.15, 0.2) is 36.7 Å². The van der Waals surface area contributed by atoms with Crippen LogP contribution in [0, 0.1) is 0 Å². The summed E-state index contributed by atoms with van der Waals surface area (Å²) in [6.07, 6.45) is 6.48. The minimum atomic E-state index is 0.00357. The number of nitrogens with one attached hydrogen (secondary N) is 1. The van der Waals surface area contributed by atoms with Crippen LogP contribution in [-0.4, -0.2) is 37.1 Å². The van der Waals surface area contributed by atoms with Gasteiger partial charge in [0, 0.05) is 19.8 Å². The second-order valence-electron chi connectivity index (χ2n) is 6.05. The fourth-order valence-corrected chi connectivity index (χ4v) is 3.29. The number of amides is 1. The number of likely N-dealkylation sites (tertiary alicyclic amines) is 1. The predicted octanol–water partition coefficient (Wildman–Crippen LogP) is 2.66. The number of aryl methyl sites for hydroxylation is 1. The number of carbonyl (C=O) groups is 1. The van der Waals surface area contributed by atoms with E-state index in [2.05, 4.69) is 10.1 Å². The smallest absolute Gasteiger partial charge is 0.257 e. The number of fused-ring (bicyclic) bond motifs is 1. The Labute approximate surface area is 134 Å². The van der Waals surface area contributed by atoms with Crippen molar-refractivity contribution in [2.75, 3.05) is 6.54 Å². The summed E-state index contributed by atoms with van der Waals surface area (Å²) in [5.41, 5.74) is 2.60. The van der Waals surface area contributed by atoms with Crippen LogP contribution in [0.4, 0.5) is 0 Å². The number of nitrogens with zero attached hydrogens (tertiary/aromatic N) is 4. The quantitative estimate of drug-likeness (QED) is 0.791. The molecule has 23 heavy (non-hydrogen) atoms. The van der Waals surface area contributed by atoms with Gasteiger partial charge in [0.1, 0.15) is 5.82 Å². The Kier molecular flexibility index (Phi) is 3.37. The maximum atomic E-state index is 12.8. The molecule has 6 heteroatoms. The lowest BCUT2D eigenvalue weighted by Crippen LogP contribution is -2.38. The van der Waals surface area contributed by atoms with Crippen molar-refractivity contribution in [3.8, 4) is 0 Å². The van der Waals surface area contributed by atoms with Crippen LogP contribution >= 0.6 is 0 Å². The molecule has 1 fully saturated rings. The van der Waals surface area contributed by atoms with Crippen molar-refractivity contribution >= 4 is 16.9 Å². The Balaban J connectivity index is 1.68. The van der Waals surface area contributed by atoms with E-state index in [-0.39, 0.29) is 11.9 Å². The molecule has 4 rings (SSSR count). The second-order valence-corrected chi connectivity index (χ2v) is 6.05. The highest BCUT2D eigenvalue weighted by atomic mass is 16.2. The number of carbonyl (C=O) groups excluding carboxylic acids is 1. The van der Waals surface area contributed by atoms with Gasteiger partial charge in [0.15, 0.2) is 0 Å². The summed E-state index contributed by atoms with van der Waals surface area (Å²) in [6, 6.07) is 7.98. The Hall–Kier alpha value is -2.63. The number of piperidine rings is 1. The molecule has 0 unspecified atom stereocenters. The summed E-state index contributed by atoms with van der Waals surface area (Å²) < 4.78 is 1.66. The molecule has 3 heterocycles. The van der Waals surface area contributed by atoms with E-state index in [1.54, 1.807) is 17.1 Å². The Bertz CT molecular complexity index is 816. The molecule has 1 N–H and O–H groups in total. The van der Waals surface area contributed by atoms with Crippen molar-refractivity contribution in [1.82, 2.24) is 24.6 Å². The highest BCUT2D eigenvalue weighted by Crippen LogP contribution is 2.31. The van der Waals surface area contributed by atoms with E-state index < -0.39 is 0 Å². The number of hydrogen-bond acceptors (Lipinski definition) is 3. The number of aromatic nitrogens is 4. The average Bonchev–Trinajstić information content (AvgIpc) is 3.20. The third-order valence-corrected chi connectivity index (χ3v) is 4.44. The van der Waals surface area contributed by atoms with Crippen molar-refractivity contribution in [2.45, 2.75) is 25.3 Å². The summed E-state index contributed by atoms with van der Waals surface area (Å²) >= 11 is 0. The van der Waals surface area contributed by atoms with Gasteiger partial charge in [-0.15, -0.1) is 0 Å². The van der Waals surface area contributed by atoms with Crippen LogP contribution in [0.5, 0.6) is 0 Å². The van der Waals surface area contributed by atoms with Crippen molar-refractivity contribution in [1.29, 1.82) is 0 Å². The minimum absolute atomic E-state index is 0.00357. The van der Waals surface area contributed by atoms with Gasteiger partial charge >= 0.3 is 0 Å². The fraction of sp³-hybridized carbons (Fsp3) is 0.353. The van der Waals surface area contributed by atoms with Crippen molar-refractivity contribution in [2.24, 2.45) is 7.05 Å². The number of aromatic amines is 1. The first kappa shape index (κ1) is 14.0. The summed E-state index contributed by atoms with van der Waals surface area (Å²) in [5.74, 6) is 0.909. The highest BCUT2D eigenvalue weighted by molar-refractivity contribution is 5.94. The molecule has 0 spiro atoms. The zero-order valence-electron chi connectivity index (χ0n) is 13.1. The van der Waals surface area contributed by atoms with Gasteiger partial charge in [-0.1, -0.05) is 12.1 Å². The lowest BCUT2D eigenvalue weighted by Gasteiger charge is -2.34. The number of benzene rings is 1. The first-order chi connectivity index (χ1) is 11.2. The lowest BCUT2D eigenvalue weighted by molar-refractivity contribution is 0.0601. The second kappa shape index (κ2) is 5.53. The molecule has 6 nitrogen and oxygen atoms in total. The van der Waals surface area contributed by atoms with Gasteiger partial charge in [-0.3, -0.25) is 9.48 Å². The average molecular weight is 309 g/mol. The number of rotatable bonds is 2. The van der Waals surface area contributed by atoms with E-state index in [0.29, 0.717) is 5.56 Å². The van der Waals surface area contributed by atoms with E-state index in [1.165, 1.54) is 0 Å². The first-order valence-electron chi connectivity index (χ1n) is 7.96. The molecule has 1 aliphatic heterocycles. The van der Waals surface area contributed by atoms with Crippen LogP contribution in [-0.2, 0) is 7.05 Å². The van der Waals surface area contributed by atoms with Crippen LogP contribution in [0.2, 0.25) is 0 Å². The molecule has 0 saturated carbocycles. The van der Waals surface area contributed by atoms with E-state index in [1.807, 2.05) is 36.2 Å². The molecular weight excluding hydrogens is 290 g/mol. The van der Waals surface area contributed by atoms with Gasteiger partial charge in [0.25, 0.3) is 5.91 Å². The molecule has 0 radical (unpaired) electrons. The summed E-state index contributed by atoms with van der Waals surface area (Å²) in [7, 11) is 1.82. The maximum Gasteiger partial charge on any atom is 0.257 e. The summed E-state index contributed by atoms with van der Waals surface area (Å²) in [4.78, 5) is 22.9. The number of para-hydroxylation sites is 2. The van der Waals surface area contributed by atoms with Gasteiger partial charge in [-0.05, 0) is 31.4 Å². The molecule has 118 valence electrons. The Morgan fingerprint density at radius 2 is 2.17 bits per heavy atom. The zero-order chi connectivity index (χ0) is 15.8. The standard InChI is InChI=1S/C17H19N5O/c1-21-11-12(10-18-21)17(23)22-9-5-4-8-15(22)16-19-13-6-2-3-7-14(13)20-16/h2-3,6-7,10-11,15H,4-5,8-9H2,1H3,(H,19,20)/t15-/m1/s1. The van der Waals surface area contributed by atoms with Gasteiger partial charge in [0.2, 0.25) is 0 Å². The van der Waals surface area contributed by atoms with E-state index in [9.17, 15) is 4.79 Å². The third-order valence-electron chi connectivity index (χ3n) is 4.44. The number of hydrogen-bond donors (Lipinski definition) is 1. The third kappa shape index (κ3) is 2.50. The van der Waals surface area contributed by atoms with E-state index >= 15 is 0 Å². The zero-order valence-corrected chi connectivity index (χ0v) is 13.1. The molecule has 2 aromatic heterocycles. The Morgan fingerprint density at radius 1 is 1.30 bits per heavy atom. The van der Waals surface area contributed by atoms with E-state index in [4.69, 9.17) is 4.98 Å². The molecule has 0 bridgehead atoms. The molecule has 1 atom stereocenters. The monoisotopic (exact) mass is 309 g/mol. The van der Waals surface area contributed by atoms with Crippen LogP contribution in [0.25, 0.3) is 11.0 Å². The summed E-state index contributed by atoms with van der Waals surface area (Å²) in [6.45, 7) is 0.759. The SMILES string of the molecule is Cn1cc(C(=O)N2CCCC[C@@H]2c2nc3ccccc3[nH]2)cn1. The van der Waals surface area contributed by atoms with Gasteiger partial charge in [0.05, 0.1) is 28.8 Å². The minimum Gasteiger partial charge on any atom is -0.340 e. The normalized spacial score (nSPS) is 18.5. The topological polar surface area (TPSA) is 66.8 Å².